The average molecular weight is 565 g/mol. The van der Waals surface area contributed by atoms with E-state index in [1.165, 1.54) is 0 Å². The predicted molar refractivity (Wildman–Crippen MR) is 106 cm³/mol. The summed E-state index contributed by atoms with van der Waals surface area (Å²) in [5.74, 6) is -5.53. The van der Waals surface area contributed by atoms with Gasteiger partial charge in [0.1, 0.15) is 0 Å². The minimum absolute atomic E-state index is 0.401. The van der Waals surface area contributed by atoms with E-state index >= 15 is 0 Å². The zero-order valence-electron chi connectivity index (χ0n) is 19.2. The van der Waals surface area contributed by atoms with Crippen molar-refractivity contribution >= 4 is 17.9 Å². The zero-order valence-corrected chi connectivity index (χ0v) is 19.2. The summed E-state index contributed by atoms with van der Waals surface area (Å²) in [5.41, 5.74) is -3.09. The van der Waals surface area contributed by atoms with Gasteiger partial charge in [-0.1, -0.05) is 0 Å². The Balaban J connectivity index is 1.79. The van der Waals surface area contributed by atoms with Gasteiger partial charge >= 0.3 is 24.6 Å². The van der Waals surface area contributed by atoms with Crippen LogP contribution >= 0.6 is 0 Å². The topological polar surface area (TPSA) is 116 Å². The number of aromatic nitrogens is 2. The molecule has 1 fully saturated rings. The van der Waals surface area contributed by atoms with Crippen LogP contribution in [0.25, 0.3) is 0 Å². The van der Waals surface area contributed by atoms with E-state index in [0.717, 1.165) is 9.80 Å². The maximum absolute atomic E-state index is 13.3. The van der Waals surface area contributed by atoms with Crippen LogP contribution in [0, 0.1) is 5.92 Å². The Kier molecular flexibility index (Phi) is 8.02. The molecular weight excluding hydrogens is 545 g/mol. The number of likely N-dealkylation sites (tertiary alicyclic amines) is 1. The van der Waals surface area contributed by atoms with Gasteiger partial charge in [-0.05, 0) is 12.8 Å². The standard InChI is InChI=1S/C20H20F9N5O4/c21-18(22,23)9-1-2-13(35)34(6-9)7-10(30-17(37)38)5-14(36)33-4-3-11-12(8-33)31-16(20(27,28)29)32-15(11)19(24,25)26/h9-10,30H,1-8H2,(H,37,38)/t9?,10-/m0/s1. The van der Waals surface area contributed by atoms with Gasteiger partial charge in [0, 0.05) is 38.0 Å². The molecule has 3 rings (SSSR count). The first kappa shape index (κ1) is 29.2. The number of amides is 3. The number of rotatable bonds is 5. The molecule has 38 heavy (non-hydrogen) atoms. The molecule has 1 unspecified atom stereocenters. The number of halogens is 9. The first-order valence-electron chi connectivity index (χ1n) is 11.0. The van der Waals surface area contributed by atoms with Gasteiger partial charge < -0.3 is 20.2 Å². The predicted octanol–water partition coefficient (Wildman–Crippen LogP) is 3.23. The molecule has 3 amide bonds. The van der Waals surface area contributed by atoms with Crippen LogP contribution in [-0.2, 0) is 34.9 Å². The smallest absolute Gasteiger partial charge is 0.451 e. The molecule has 18 heteroatoms. The number of hydrogen-bond acceptors (Lipinski definition) is 5. The van der Waals surface area contributed by atoms with Crippen LogP contribution in [0.3, 0.4) is 0 Å². The molecule has 2 aliphatic rings. The molecule has 0 spiro atoms. The summed E-state index contributed by atoms with van der Waals surface area (Å²) in [7, 11) is 0. The lowest BCUT2D eigenvalue weighted by atomic mass is 9.96. The SMILES string of the molecule is O=C(O)N[C@@H](CC(=O)N1CCc2c(nc(C(F)(F)F)nc2C(F)(F)F)C1)CN1CC(C(F)(F)F)CCC1=O. The summed E-state index contributed by atoms with van der Waals surface area (Å²) in [6, 6.07) is -1.40. The third-order valence-corrected chi connectivity index (χ3v) is 6.09. The quantitative estimate of drug-likeness (QED) is 0.530. The number of carbonyl (C=O) groups is 3. The van der Waals surface area contributed by atoms with Crippen LogP contribution in [0.2, 0.25) is 0 Å². The summed E-state index contributed by atoms with van der Waals surface area (Å²) in [5, 5.41) is 11.0. The van der Waals surface area contributed by atoms with Crippen molar-refractivity contribution < 1.29 is 59.0 Å². The lowest BCUT2D eigenvalue weighted by Crippen LogP contribution is -2.52. The van der Waals surface area contributed by atoms with E-state index in [2.05, 4.69) is 9.97 Å². The average Bonchev–Trinajstić information content (AvgIpc) is 2.76. The second-order valence-corrected chi connectivity index (χ2v) is 8.81. The first-order chi connectivity index (χ1) is 17.4. The van der Waals surface area contributed by atoms with Crippen molar-refractivity contribution in [2.45, 2.75) is 56.8 Å². The van der Waals surface area contributed by atoms with Crippen LogP contribution in [0.5, 0.6) is 0 Å². The Morgan fingerprint density at radius 1 is 1.03 bits per heavy atom. The number of piperidine rings is 1. The molecule has 3 heterocycles. The van der Waals surface area contributed by atoms with Gasteiger partial charge in [0.2, 0.25) is 17.6 Å². The van der Waals surface area contributed by atoms with E-state index in [-0.39, 0.29) is 0 Å². The molecular formula is C20H20F9N5O4. The fraction of sp³-hybridized carbons (Fsp3) is 0.650. The van der Waals surface area contributed by atoms with Gasteiger partial charge in [-0.2, -0.15) is 39.5 Å². The molecule has 2 aliphatic heterocycles. The molecule has 0 bridgehead atoms. The maximum Gasteiger partial charge on any atom is 0.451 e. The number of hydrogen-bond donors (Lipinski definition) is 2. The van der Waals surface area contributed by atoms with E-state index in [1.54, 1.807) is 0 Å². The number of alkyl halides is 9. The van der Waals surface area contributed by atoms with Crippen LogP contribution in [0.1, 0.15) is 42.0 Å². The van der Waals surface area contributed by atoms with E-state index in [9.17, 15) is 53.9 Å². The minimum atomic E-state index is -5.31. The van der Waals surface area contributed by atoms with Crippen LogP contribution in [0.4, 0.5) is 44.3 Å². The molecule has 0 aliphatic carbocycles. The Morgan fingerprint density at radius 3 is 2.24 bits per heavy atom. The molecule has 0 radical (unpaired) electrons. The Bertz CT molecular complexity index is 1090. The molecule has 2 atom stereocenters. The summed E-state index contributed by atoms with van der Waals surface area (Å²) >= 11 is 0. The summed E-state index contributed by atoms with van der Waals surface area (Å²) < 4.78 is 119. The van der Waals surface area contributed by atoms with Gasteiger partial charge in [0.05, 0.1) is 24.2 Å². The molecule has 0 aromatic carbocycles. The van der Waals surface area contributed by atoms with Crippen molar-refractivity contribution in [2.75, 3.05) is 19.6 Å². The Labute approximate surface area is 208 Å². The van der Waals surface area contributed by atoms with Gasteiger partial charge in [0.25, 0.3) is 0 Å². The van der Waals surface area contributed by atoms with Crippen molar-refractivity contribution in [3.8, 4) is 0 Å². The highest BCUT2D eigenvalue weighted by Gasteiger charge is 2.45. The lowest BCUT2D eigenvalue weighted by Gasteiger charge is -2.36. The second kappa shape index (κ2) is 10.4. The zero-order chi connectivity index (χ0) is 28.6. The normalized spacial score (nSPS) is 19.7. The number of nitrogens with zero attached hydrogens (tertiary/aromatic N) is 4. The number of carbonyl (C=O) groups excluding carboxylic acids is 2. The van der Waals surface area contributed by atoms with Crippen LogP contribution in [-0.4, -0.2) is 74.6 Å². The van der Waals surface area contributed by atoms with Gasteiger partial charge in [-0.15, -0.1) is 0 Å². The Morgan fingerprint density at radius 2 is 1.68 bits per heavy atom. The van der Waals surface area contributed by atoms with Gasteiger partial charge in [-0.25, -0.2) is 14.8 Å². The number of carboxylic acid groups (broad SMARTS) is 1. The first-order valence-corrected chi connectivity index (χ1v) is 11.0. The number of fused-ring (bicyclic) bond motifs is 1. The highest BCUT2D eigenvalue weighted by atomic mass is 19.4. The summed E-state index contributed by atoms with van der Waals surface area (Å²) in [6.07, 6.45) is -19.0. The molecule has 0 saturated carbocycles. The molecule has 212 valence electrons. The molecule has 1 aromatic heterocycles. The van der Waals surface area contributed by atoms with Crippen LogP contribution in [0.15, 0.2) is 0 Å². The fourth-order valence-electron chi connectivity index (χ4n) is 4.30. The van der Waals surface area contributed by atoms with Crippen molar-refractivity contribution in [2.24, 2.45) is 5.92 Å². The second-order valence-electron chi connectivity index (χ2n) is 8.81. The maximum atomic E-state index is 13.3. The van der Waals surface area contributed by atoms with Crippen molar-refractivity contribution in [3.63, 3.8) is 0 Å². The van der Waals surface area contributed by atoms with E-state index in [1.807, 2.05) is 5.32 Å². The minimum Gasteiger partial charge on any atom is -0.465 e. The third kappa shape index (κ3) is 6.94. The van der Waals surface area contributed by atoms with E-state index in [4.69, 9.17) is 5.11 Å². The summed E-state index contributed by atoms with van der Waals surface area (Å²) in [4.78, 5) is 43.5. The van der Waals surface area contributed by atoms with Crippen molar-refractivity contribution in [3.05, 3.63) is 22.8 Å². The van der Waals surface area contributed by atoms with Gasteiger partial charge in [-0.3, -0.25) is 9.59 Å². The number of nitrogens with one attached hydrogen (secondary N) is 1. The largest absolute Gasteiger partial charge is 0.465 e. The highest BCUT2D eigenvalue weighted by molar-refractivity contribution is 5.79. The Hall–Kier alpha value is -3.34. The van der Waals surface area contributed by atoms with E-state index < -0.39 is 123 Å². The monoisotopic (exact) mass is 565 g/mol. The lowest BCUT2D eigenvalue weighted by molar-refractivity contribution is -0.189. The highest BCUT2D eigenvalue weighted by Crippen LogP contribution is 2.37. The molecule has 9 nitrogen and oxygen atoms in total. The molecule has 2 N–H and O–H groups in total. The third-order valence-electron chi connectivity index (χ3n) is 6.09. The molecule has 1 aromatic rings. The van der Waals surface area contributed by atoms with Gasteiger partial charge in [0.15, 0.2) is 5.69 Å². The van der Waals surface area contributed by atoms with E-state index in [0.29, 0.717) is 0 Å². The summed E-state index contributed by atoms with van der Waals surface area (Å²) in [6.45, 7) is -2.54. The molecule has 1 saturated heterocycles. The van der Waals surface area contributed by atoms with Crippen molar-refractivity contribution in [1.29, 1.82) is 0 Å². The van der Waals surface area contributed by atoms with Crippen LogP contribution < -0.4 is 5.32 Å². The van der Waals surface area contributed by atoms with Crippen molar-refractivity contribution in [1.82, 2.24) is 25.1 Å². The fourth-order valence-corrected chi connectivity index (χ4v) is 4.30.